The first-order chi connectivity index (χ1) is 3.95. The zero-order valence-corrected chi connectivity index (χ0v) is 6.82. The Hall–Kier alpha value is 1.05. The molecule has 2 unspecified atom stereocenters. The lowest BCUT2D eigenvalue weighted by molar-refractivity contribution is 0.907. The second-order valence-corrected chi connectivity index (χ2v) is 6.40. The minimum Gasteiger partial charge on any atom is -0.133 e. The Morgan fingerprint density at radius 2 is 1.75 bits per heavy atom. The molecule has 0 aromatic carbocycles. The summed E-state index contributed by atoms with van der Waals surface area (Å²) >= 11 is 6.16. The number of hydrogen-bond donors (Lipinski definition) is 0. The van der Waals surface area contributed by atoms with E-state index in [9.17, 15) is 0 Å². The molecule has 0 aromatic rings. The second-order valence-electron chi connectivity index (χ2n) is 1.94. The fourth-order valence-corrected chi connectivity index (χ4v) is 5.95. The molecular weight excluding hydrogens is 156 g/mol. The van der Waals surface area contributed by atoms with Crippen molar-refractivity contribution < 1.29 is 0 Å². The molecule has 2 rings (SSSR count). The van der Waals surface area contributed by atoms with Crippen molar-refractivity contribution in [1.29, 1.82) is 0 Å². The van der Waals surface area contributed by atoms with Gasteiger partial charge in [-0.2, -0.15) is 0 Å². The van der Waals surface area contributed by atoms with Gasteiger partial charge in [-0.3, -0.25) is 0 Å². The molecule has 0 nitrogen and oxygen atoms in total. The lowest BCUT2D eigenvalue weighted by Crippen LogP contribution is -1.93. The van der Waals surface area contributed by atoms with Crippen molar-refractivity contribution in [3.8, 4) is 0 Å². The molecule has 0 aliphatic carbocycles. The topological polar surface area (TPSA) is 0 Å². The van der Waals surface area contributed by atoms with Crippen molar-refractivity contribution in [3.05, 3.63) is 5.08 Å². The molecule has 2 fully saturated rings. The van der Waals surface area contributed by atoms with E-state index in [-0.39, 0.29) is 0 Å². The maximum Gasteiger partial charge on any atom is 0.0735 e. The molecule has 3 heteroatoms. The van der Waals surface area contributed by atoms with Crippen LogP contribution < -0.4 is 0 Å². The SMILES string of the molecule is [CH]1SC2CCC(S1)S2. The Bertz CT molecular complexity index is 79.7. The Kier molecular flexibility index (Phi) is 1.71. The van der Waals surface area contributed by atoms with Crippen LogP contribution in [0.5, 0.6) is 0 Å². The standard InChI is InChI=1S/C5H7S3/c1-2-5-7-3-6-4(1)8-5/h3-5H,1-2H2. The van der Waals surface area contributed by atoms with Gasteiger partial charge in [0.2, 0.25) is 0 Å². The normalized spacial score (nSPS) is 45.0. The summed E-state index contributed by atoms with van der Waals surface area (Å²) in [5.41, 5.74) is 0. The van der Waals surface area contributed by atoms with E-state index in [1.165, 1.54) is 12.8 Å². The molecule has 2 aliphatic heterocycles. The lowest BCUT2D eigenvalue weighted by Gasteiger charge is -2.15. The summed E-state index contributed by atoms with van der Waals surface area (Å²) in [7, 11) is 0. The van der Waals surface area contributed by atoms with Gasteiger partial charge >= 0.3 is 0 Å². The minimum atomic E-state index is 0.918. The van der Waals surface area contributed by atoms with Crippen LogP contribution in [0.4, 0.5) is 0 Å². The van der Waals surface area contributed by atoms with Crippen molar-refractivity contribution >= 4 is 35.3 Å². The third kappa shape index (κ3) is 1.00. The molecule has 0 saturated carbocycles. The highest BCUT2D eigenvalue weighted by Crippen LogP contribution is 2.53. The summed E-state index contributed by atoms with van der Waals surface area (Å²) < 4.78 is 1.84. The molecule has 0 amide bonds. The van der Waals surface area contributed by atoms with Gasteiger partial charge in [0, 0.05) is 0 Å². The van der Waals surface area contributed by atoms with E-state index in [1.807, 2.05) is 23.5 Å². The third-order valence-corrected chi connectivity index (χ3v) is 5.74. The van der Waals surface area contributed by atoms with Gasteiger partial charge in [-0.1, -0.05) is 0 Å². The molecule has 0 N–H and O–H groups in total. The van der Waals surface area contributed by atoms with E-state index < -0.39 is 0 Å². The van der Waals surface area contributed by atoms with Crippen LogP contribution in [-0.2, 0) is 0 Å². The molecule has 2 aliphatic rings. The Morgan fingerprint density at radius 1 is 1.12 bits per heavy atom. The Labute approximate surface area is 62.6 Å². The fourth-order valence-electron chi connectivity index (χ4n) is 0.934. The number of thioether (sulfide) groups is 3. The maximum atomic E-state index is 2.30. The van der Waals surface area contributed by atoms with E-state index in [2.05, 4.69) is 16.8 Å². The Balaban J connectivity index is 2.03. The van der Waals surface area contributed by atoms with Gasteiger partial charge in [-0.25, -0.2) is 0 Å². The van der Waals surface area contributed by atoms with Gasteiger partial charge in [0.05, 0.1) is 14.2 Å². The third-order valence-electron chi connectivity index (χ3n) is 1.36. The summed E-state index contributed by atoms with van der Waals surface area (Å²) in [6.45, 7) is 0. The smallest absolute Gasteiger partial charge is 0.0735 e. The van der Waals surface area contributed by atoms with E-state index in [0.29, 0.717) is 0 Å². The molecule has 0 spiro atoms. The van der Waals surface area contributed by atoms with Crippen LogP contribution in [-0.4, -0.2) is 9.16 Å². The highest BCUT2D eigenvalue weighted by atomic mass is 32.3. The molecule has 0 aromatic heterocycles. The number of hydrogen-bond acceptors (Lipinski definition) is 3. The number of rotatable bonds is 0. The van der Waals surface area contributed by atoms with Crippen LogP contribution in [0.3, 0.4) is 0 Å². The summed E-state index contributed by atoms with van der Waals surface area (Å²) in [6.07, 6.45) is 2.87. The van der Waals surface area contributed by atoms with Crippen LogP contribution in [0.25, 0.3) is 0 Å². The zero-order chi connectivity index (χ0) is 5.40. The molecule has 1 radical (unpaired) electrons. The molecular formula is C5H7S3. The largest absolute Gasteiger partial charge is 0.133 e. The van der Waals surface area contributed by atoms with Gasteiger partial charge in [0.15, 0.2) is 0 Å². The average Bonchev–Trinajstić information content (AvgIpc) is 2.12. The molecule has 8 heavy (non-hydrogen) atoms. The molecule has 2 atom stereocenters. The van der Waals surface area contributed by atoms with Gasteiger partial charge in [0.25, 0.3) is 0 Å². The fraction of sp³-hybridized carbons (Fsp3) is 0.800. The van der Waals surface area contributed by atoms with Crippen molar-refractivity contribution in [2.24, 2.45) is 0 Å². The van der Waals surface area contributed by atoms with E-state index in [1.54, 1.807) is 0 Å². The summed E-state index contributed by atoms with van der Waals surface area (Å²) in [6, 6.07) is 0. The van der Waals surface area contributed by atoms with Crippen LogP contribution in [0, 0.1) is 5.08 Å². The van der Waals surface area contributed by atoms with E-state index in [0.717, 1.165) is 9.16 Å². The highest BCUT2D eigenvalue weighted by molar-refractivity contribution is 8.35. The van der Waals surface area contributed by atoms with Gasteiger partial charge in [-0.15, -0.1) is 35.3 Å². The van der Waals surface area contributed by atoms with Crippen LogP contribution >= 0.6 is 35.3 Å². The van der Waals surface area contributed by atoms with Gasteiger partial charge in [0.1, 0.15) is 0 Å². The van der Waals surface area contributed by atoms with Gasteiger partial charge < -0.3 is 0 Å². The van der Waals surface area contributed by atoms with Crippen molar-refractivity contribution in [1.82, 2.24) is 0 Å². The minimum absolute atomic E-state index is 0.918. The monoisotopic (exact) mass is 163 g/mol. The predicted molar refractivity (Wildman–Crippen MR) is 43.9 cm³/mol. The maximum absolute atomic E-state index is 2.30. The molecule has 2 heterocycles. The first kappa shape index (κ1) is 5.81. The first-order valence-corrected chi connectivity index (χ1v) is 5.56. The molecule has 2 bridgehead atoms. The predicted octanol–water partition coefficient (Wildman–Crippen LogP) is 2.76. The summed E-state index contributed by atoms with van der Waals surface area (Å²) in [4.78, 5) is 0. The van der Waals surface area contributed by atoms with Gasteiger partial charge in [-0.05, 0) is 12.8 Å². The highest BCUT2D eigenvalue weighted by Gasteiger charge is 2.30. The molecule has 45 valence electrons. The Morgan fingerprint density at radius 3 is 2.25 bits per heavy atom. The average molecular weight is 163 g/mol. The van der Waals surface area contributed by atoms with Crippen molar-refractivity contribution in [2.45, 2.75) is 22.0 Å². The van der Waals surface area contributed by atoms with Crippen molar-refractivity contribution in [3.63, 3.8) is 0 Å². The van der Waals surface area contributed by atoms with E-state index >= 15 is 0 Å². The van der Waals surface area contributed by atoms with Crippen LogP contribution in [0.1, 0.15) is 12.8 Å². The number of fused-ring (bicyclic) bond motifs is 2. The quantitative estimate of drug-likeness (QED) is 0.539. The van der Waals surface area contributed by atoms with E-state index in [4.69, 9.17) is 0 Å². The van der Waals surface area contributed by atoms with Crippen LogP contribution in [0.15, 0.2) is 0 Å². The van der Waals surface area contributed by atoms with Crippen molar-refractivity contribution in [2.75, 3.05) is 0 Å². The van der Waals surface area contributed by atoms with Crippen LogP contribution in [0.2, 0.25) is 0 Å². The lowest BCUT2D eigenvalue weighted by atomic mass is 10.4. The summed E-state index contributed by atoms with van der Waals surface area (Å²) in [5, 5.41) is 2.30. The summed E-state index contributed by atoms with van der Waals surface area (Å²) in [5.74, 6) is 0. The first-order valence-electron chi connectivity index (χ1n) is 2.73. The second kappa shape index (κ2) is 2.35. The zero-order valence-electron chi connectivity index (χ0n) is 4.37. The molecule has 2 saturated heterocycles.